The monoisotopic (exact) mass is 438 g/mol. The summed E-state index contributed by atoms with van der Waals surface area (Å²) in [5.41, 5.74) is 5.53. The van der Waals surface area contributed by atoms with Gasteiger partial charge in [0.05, 0.1) is 17.9 Å². The Balaban J connectivity index is 1.29. The summed E-state index contributed by atoms with van der Waals surface area (Å²) < 4.78 is 10.7. The fourth-order valence-electron chi connectivity index (χ4n) is 6.26. The van der Waals surface area contributed by atoms with Gasteiger partial charge in [0.1, 0.15) is 6.23 Å². The predicted molar refractivity (Wildman–Crippen MR) is 128 cm³/mol. The van der Waals surface area contributed by atoms with E-state index in [0.29, 0.717) is 17.9 Å². The lowest BCUT2D eigenvalue weighted by atomic mass is 9.79. The average molecular weight is 439 g/mol. The van der Waals surface area contributed by atoms with Crippen LogP contribution in [-0.4, -0.2) is 26.2 Å². The number of hydrogen-bond acceptors (Lipinski definition) is 3. The third-order valence-corrected chi connectivity index (χ3v) is 8.08. The zero-order chi connectivity index (χ0) is 22.2. The summed E-state index contributed by atoms with van der Waals surface area (Å²) >= 11 is 0. The van der Waals surface area contributed by atoms with Crippen molar-refractivity contribution in [2.24, 2.45) is 5.92 Å². The molecule has 4 unspecified atom stereocenters. The van der Waals surface area contributed by atoms with Crippen LogP contribution in [0.3, 0.4) is 0 Å². The zero-order valence-corrected chi connectivity index (χ0v) is 20.6. The van der Waals surface area contributed by atoms with Crippen LogP contribution >= 0.6 is 0 Å². The molecule has 4 atom stereocenters. The van der Waals surface area contributed by atoms with Crippen LogP contribution in [0.15, 0.2) is 12.3 Å². The third-order valence-electron chi connectivity index (χ3n) is 8.08. The Bertz CT molecular complexity index is 903. The highest BCUT2D eigenvalue weighted by molar-refractivity contribution is 5.22. The topological polar surface area (TPSA) is 44.9 Å². The molecule has 0 spiro atoms. The van der Waals surface area contributed by atoms with Crippen molar-refractivity contribution in [1.82, 2.24) is 19.6 Å². The van der Waals surface area contributed by atoms with E-state index in [-0.39, 0.29) is 6.23 Å². The van der Waals surface area contributed by atoms with Gasteiger partial charge < -0.3 is 4.74 Å². The standard InChI is InChI=1S/C27H42N4O/c1-18(2)25-16-24(22-11-12-22)29-30(25)23-9-7-8-21(15-23)14-19(3)27-20(4)17-28-31(27)26-10-5-6-13-32-26/h16-19,21-23,26H,5-15H2,1-4H3. The van der Waals surface area contributed by atoms with Crippen molar-refractivity contribution in [2.75, 3.05) is 6.61 Å². The first-order chi connectivity index (χ1) is 15.5. The summed E-state index contributed by atoms with van der Waals surface area (Å²) in [6.45, 7) is 10.1. The molecule has 2 aliphatic carbocycles. The molecule has 2 saturated carbocycles. The largest absolute Gasteiger partial charge is 0.357 e. The highest BCUT2D eigenvalue weighted by atomic mass is 16.5. The Labute approximate surface area is 193 Å². The second kappa shape index (κ2) is 9.32. The number of ether oxygens (including phenoxy) is 1. The van der Waals surface area contributed by atoms with Crippen molar-refractivity contribution in [2.45, 2.75) is 122 Å². The van der Waals surface area contributed by atoms with Crippen LogP contribution in [0, 0.1) is 12.8 Å². The maximum absolute atomic E-state index is 6.08. The Morgan fingerprint density at radius 1 is 1.03 bits per heavy atom. The van der Waals surface area contributed by atoms with Gasteiger partial charge in [-0.1, -0.05) is 33.6 Å². The summed E-state index contributed by atoms with van der Waals surface area (Å²) in [7, 11) is 0. The molecule has 3 fully saturated rings. The number of hydrogen-bond donors (Lipinski definition) is 0. The summed E-state index contributed by atoms with van der Waals surface area (Å²) in [4.78, 5) is 0. The molecule has 5 rings (SSSR count). The first-order valence-corrected chi connectivity index (χ1v) is 13.3. The second-order valence-corrected chi connectivity index (χ2v) is 11.2. The lowest BCUT2D eigenvalue weighted by molar-refractivity contribution is -0.0418. The van der Waals surface area contributed by atoms with Gasteiger partial charge in [-0.05, 0) is 87.7 Å². The summed E-state index contributed by atoms with van der Waals surface area (Å²) in [5.74, 6) is 2.54. The Morgan fingerprint density at radius 2 is 1.88 bits per heavy atom. The van der Waals surface area contributed by atoms with E-state index in [0.717, 1.165) is 24.9 Å². The van der Waals surface area contributed by atoms with Crippen molar-refractivity contribution >= 4 is 0 Å². The van der Waals surface area contributed by atoms with E-state index < -0.39 is 0 Å². The van der Waals surface area contributed by atoms with E-state index in [1.807, 2.05) is 6.20 Å². The minimum atomic E-state index is 0.132. The van der Waals surface area contributed by atoms with Crippen molar-refractivity contribution in [3.63, 3.8) is 0 Å². The van der Waals surface area contributed by atoms with Crippen LogP contribution in [0.1, 0.15) is 138 Å². The van der Waals surface area contributed by atoms with Gasteiger partial charge in [0, 0.05) is 23.9 Å². The highest BCUT2D eigenvalue weighted by Gasteiger charge is 2.32. The van der Waals surface area contributed by atoms with Crippen molar-refractivity contribution in [3.8, 4) is 0 Å². The molecule has 5 heteroatoms. The molecule has 32 heavy (non-hydrogen) atoms. The first-order valence-electron chi connectivity index (χ1n) is 13.3. The molecule has 0 N–H and O–H groups in total. The van der Waals surface area contributed by atoms with Gasteiger partial charge in [-0.2, -0.15) is 10.2 Å². The summed E-state index contributed by atoms with van der Waals surface area (Å²) in [5, 5.41) is 9.91. The van der Waals surface area contributed by atoms with E-state index >= 15 is 0 Å². The normalized spacial score (nSPS) is 27.7. The molecule has 1 saturated heterocycles. The number of nitrogens with zero attached hydrogens (tertiary/aromatic N) is 4. The fraction of sp³-hybridized carbons (Fsp3) is 0.778. The molecule has 0 aromatic carbocycles. The molecule has 0 radical (unpaired) electrons. The smallest absolute Gasteiger partial charge is 0.150 e. The molecule has 1 aliphatic heterocycles. The van der Waals surface area contributed by atoms with Crippen LogP contribution in [-0.2, 0) is 4.74 Å². The van der Waals surface area contributed by atoms with Gasteiger partial charge >= 0.3 is 0 Å². The Kier molecular flexibility index (Phi) is 6.46. The quantitative estimate of drug-likeness (QED) is 0.467. The van der Waals surface area contributed by atoms with Crippen molar-refractivity contribution in [1.29, 1.82) is 0 Å². The number of aryl methyl sites for hydroxylation is 1. The van der Waals surface area contributed by atoms with Crippen LogP contribution in [0.5, 0.6) is 0 Å². The maximum Gasteiger partial charge on any atom is 0.150 e. The van der Waals surface area contributed by atoms with Gasteiger partial charge in [0.15, 0.2) is 0 Å². The van der Waals surface area contributed by atoms with Gasteiger partial charge in [0.25, 0.3) is 0 Å². The average Bonchev–Trinajstić information content (AvgIpc) is 3.42. The van der Waals surface area contributed by atoms with Crippen molar-refractivity contribution in [3.05, 3.63) is 34.9 Å². The maximum atomic E-state index is 6.08. The minimum absolute atomic E-state index is 0.132. The Hall–Kier alpha value is -1.62. The highest BCUT2D eigenvalue weighted by Crippen LogP contribution is 2.43. The van der Waals surface area contributed by atoms with Crippen LogP contribution in [0.2, 0.25) is 0 Å². The number of rotatable bonds is 7. The lowest BCUT2D eigenvalue weighted by Gasteiger charge is -2.33. The lowest BCUT2D eigenvalue weighted by Crippen LogP contribution is -2.25. The molecule has 2 aromatic rings. The second-order valence-electron chi connectivity index (χ2n) is 11.2. The van der Waals surface area contributed by atoms with Crippen LogP contribution in [0.25, 0.3) is 0 Å². The SMILES string of the molecule is Cc1cnn(C2CCCCO2)c1C(C)CC1CCCC(n2nc(C3CC3)cc2C(C)C)C1. The molecule has 3 heterocycles. The first kappa shape index (κ1) is 22.2. The van der Waals surface area contributed by atoms with E-state index in [4.69, 9.17) is 14.9 Å². The van der Waals surface area contributed by atoms with Crippen molar-refractivity contribution < 1.29 is 4.74 Å². The summed E-state index contributed by atoms with van der Waals surface area (Å²) in [6.07, 6.45) is 14.8. The molecule has 176 valence electrons. The molecular formula is C27H42N4O. The van der Waals surface area contributed by atoms with Crippen LogP contribution in [0.4, 0.5) is 0 Å². The molecule has 5 nitrogen and oxygen atoms in total. The summed E-state index contributed by atoms with van der Waals surface area (Å²) in [6, 6.07) is 2.99. The van der Waals surface area contributed by atoms with E-state index in [2.05, 4.69) is 43.1 Å². The third kappa shape index (κ3) is 4.55. The van der Waals surface area contributed by atoms with Crippen LogP contribution < -0.4 is 0 Å². The van der Waals surface area contributed by atoms with E-state index in [1.54, 1.807) is 0 Å². The Morgan fingerprint density at radius 3 is 2.59 bits per heavy atom. The zero-order valence-electron chi connectivity index (χ0n) is 20.6. The van der Waals surface area contributed by atoms with Gasteiger partial charge in [-0.15, -0.1) is 0 Å². The van der Waals surface area contributed by atoms with E-state index in [9.17, 15) is 0 Å². The fourth-order valence-corrected chi connectivity index (χ4v) is 6.26. The molecule has 2 aromatic heterocycles. The van der Waals surface area contributed by atoms with E-state index in [1.165, 1.54) is 80.4 Å². The molecule has 0 amide bonds. The van der Waals surface area contributed by atoms with Gasteiger partial charge in [0.2, 0.25) is 0 Å². The minimum Gasteiger partial charge on any atom is -0.357 e. The molecular weight excluding hydrogens is 396 g/mol. The van der Waals surface area contributed by atoms with Gasteiger partial charge in [-0.25, -0.2) is 4.68 Å². The molecule has 0 bridgehead atoms. The molecule has 3 aliphatic rings. The predicted octanol–water partition coefficient (Wildman–Crippen LogP) is 7.01. The van der Waals surface area contributed by atoms with Gasteiger partial charge in [-0.3, -0.25) is 4.68 Å². The number of aromatic nitrogens is 4.